The number of hydrogen-bond donors (Lipinski definition) is 1. The SMILES string of the molecule is COC(C)(C)CCNc1ccc(CC(=O)N(C)C)cc1. The third-order valence-corrected chi connectivity index (χ3v) is 3.42. The van der Waals surface area contributed by atoms with Crippen molar-refractivity contribution in [3.63, 3.8) is 0 Å². The summed E-state index contributed by atoms with van der Waals surface area (Å²) in [4.78, 5) is 13.2. The molecule has 0 spiro atoms. The van der Waals surface area contributed by atoms with Gasteiger partial charge in [-0.05, 0) is 38.0 Å². The quantitative estimate of drug-likeness (QED) is 0.833. The second-order valence-corrected chi connectivity index (χ2v) is 5.80. The van der Waals surface area contributed by atoms with Crippen molar-refractivity contribution >= 4 is 11.6 Å². The Morgan fingerprint density at radius 2 is 1.85 bits per heavy atom. The molecule has 0 aliphatic rings. The molecule has 0 saturated heterocycles. The van der Waals surface area contributed by atoms with Crippen LogP contribution in [0.1, 0.15) is 25.8 Å². The minimum atomic E-state index is -0.106. The fourth-order valence-electron chi connectivity index (χ4n) is 1.68. The summed E-state index contributed by atoms with van der Waals surface area (Å²) in [5, 5.41) is 3.36. The minimum absolute atomic E-state index is 0.106. The molecule has 0 fully saturated rings. The number of likely N-dealkylation sites (N-methyl/N-ethyl adjacent to an activating group) is 1. The van der Waals surface area contributed by atoms with Gasteiger partial charge < -0.3 is 15.0 Å². The number of nitrogens with zero attached hydrogens (tertiary/aromatic N) is 1. The maximum Gasteiger partial charge on any atom is 0.226 e. The monoisotopic (exact) mass is 278 g/mol. The Morgan fingerprint density at radius 3 is 2.35 bits per heavy atom. The highest BCUT2D eigenvalue weighted by molar-refractivity contribution is 5.78. The Bertz CT molecular complexity index is 425. The van der Waals surface area contributed by atoms with E-state index in [1.807, 2.05) is 24.3 Å². The zero-order valence-electron chi connectivity index (χ0n) is 13.2. The van der Waals surface area contributed by atoms with Gasteiger partial charge in [0, 0.05) is 33.4 Å². The van der Waals surface area contributed by atoms with Gasteiger partial charge in [-0.15, -0.1) is 0 Å². The van der Waals surface area contributed by atoms with Gasteiger partial charge in [-0.25, -0.2) is 0 Å². The predicted octanol–water partition coefficient (Wildman–Crippen LogP) is 2.54. The molecule has 0 unspecified atom stereocenters. The third-order valence-electron chi connectivity index (χ3n) is 3.42. The molecule has 0 aromatic heterocycles. The van der Waals surface area contributed by atoms with Crippen LogP contribution in [0.5, 0.6) is 0 Å². The molecule has 0 bridgehead atoms. The second-order valence-electron chi connectivity index (χ2n) is 5.80. The number of nitrogens with one attached hydrogen (secondary N) is 1. The molecule has 1 N–H and O–H groups in total. The highest BCUT2D eigenvalue weighted by atomic mass is 16.5. The molecule has 0 atom stereocenters. The van der Waals surface area contributed by atoms with E-state index in [2.05, 4.69) is 19.2 Å². The van der Waals surface area contributed by atoms with Crippen molar-refractivity contribution in [1.82, 2.24) is 4.90 Å². The molecule has 0 aliphatic heterocycles. The molecule has 1 aromatic rings. The summed E-state index contributed by atoms with van der Waals surface area (Å²) < 4.78 is 5.38. The molecule has 112 valence electrons. The number of rotatable bonds is 7. The molecule has 20 heavy (non-hydrogen) atoms. The topological polar surface area (TPSA) is 41.6 Å². The van der Waals surface area contributed by atoms with Crippen molar-refractivity contribution in [1.29, 1.82) is 0 Å². The second kappa shape index (κ2) is 7.29. The van der Waals surface area contributed by atoms with Gasteiger partial charge in [-0.3, -0.25) is 4.79 Å². The van der Waals surface area contributed by atoms with Gasteiger partial charge in [0.1, 0.15) is 0 Å². The number of carbonyl (C=O) groups excluding carboxylic acids is 1. The van der Waals surface area contributed by atoms with Crippen LogP contribution in [-0.2, 0) is 16.0 Å². The van der Waals surface area contributed by atoms with Crippen LogP contribution in [0.3, 0.4) is 0 Å². The number of carbonyl (C=O) groups is 1. The summed E-state index contributed by atoms with van der Waals surface area (Å²) in [7, 11) is 5.28. The zero-order chi connectivity index (χ0) is 15.2. The number of methoxy groups -OCH3 is 1. The lowest BCUT2D eigenvalue weighted by molar-refractivity contribution is -0.127. The van der Waals surface area contributed by atoms with E-state index in [0.29, 0.717) is 6.42 Å². The highest BCUT2D eigenvalue weighted by Crippen LogP contribution is 2.15. The lowest BCUT2D eigenvalue weighted by atomic mass is 10.1. The largest absolute Gasteiger partial charge is 0.385 e. The molecule has 1 rings (SSSR count). The first kappa shape index (κ1) is 16.5. The Kier molecular flexibility index (Phi) is 6.02. The van der Waals surface area contributed by atoms with Crippen molar-refractivity contribution in [2.45, 2.75) is 32.3 Å². The minimum Gasteiger partial charge on any atom is -0.385 e. The molecule has 0 aliphatic carbocycles. The van der Waals surface area contributed by atoms with Gasteiger partial charge in [0.25, 0.3) is 0 Å². The molecule has 0 heterocycles. The van der Waals surface area contributed by atoms with E-state index in [4.69, 9.17) is 4.74 Å². The fraction of sp³-hybridized carbons (Fsp3) is 0.562. The van der Waals surface area contributed by atoms with E-state index in [9.17, 15) is 4.79 Å². The number of ether oxygens (including phenoxy) is 1. The number of amides is 1. The van der Waals surface area contributed by atoms with Crippen LogP contribution >= 0.6 is 0 Å². The molecular formula is C16H26N2O2. The highest BCUT2D eigenvalue weighted by Gasteiger charge is 2.15. The number of hydrogen-bond acceptors (Lipinski definition) is 3. The summed E-state index contributed by atoms with van der Waals surface area (Å²) in [5.41, 5.74) is 2.00. The molecule has 4 nitrogen and oxygen atoms in total. The van der Waals surface area contributed by atoms with Gasteiger partial charge >= 0.3 is 0 Å². The van der Waals surface area contributed by atoms with E-state index in [-0.39, 0.29) is 11.5 Å². The Morgan fingerprint density at radius 1 is 1.25 bits per heavy atom. The van der Waals surface area contributed by atoms with Gasteiger partial charge in [-0.2, -0.15) is 0 Å². The molecule has 0 radical (unpaired) electrons. The van der Waals surface area contributed by atoms with Gasteiger partial charge in [0.2, 0.25) is 5.91 Å². The molecular weight excluding hydrogens is 252 g/mol. The lowest BCUT2D eigenvalue weighted by Gasteiger charge is -2.23. The van der Waals surface area contributed by atoms with Crippen LogP contribution in [-0.4, -0.2) is 44.2 Å². The van der Waals surface area contributed by atoms with Crippen LogP contribution in [0.15, 0.2) is 24.3 Å². The van der Waals surface area contributed by atoms with Crippen molar-refractivity contribution in [2.24, 2.45) is 0 Å². The smallest absolute Gasteiger partial charge is 0.226 e. The third kappa shape index (κ3) is 5.61. The number of benzene rings is 1. The average molecular weight is 278 g/mol. The van der Waals surface area contributed by atoms with Gasteiger partial charge in [0.15, 0.2) is 0 Å². The molecule has 1 amide bonds. The Balaban J connectivity index is 2.45. The fourth-order valence-corrected chi connectivity index (χ4v) is 1.68. The summed E-state index contributed by atoms with van der Waals surface area (Å²) in [6.07, 6.45) is 1.38. The van der Waals surface area contributed by atoms with Gasteiger partial charge in [-0.1, -0.05) is 12.1 Å². The Hall–Kier alpha value is -1.55. The van der Waals surface area contributed by atoms with E-state index >= 15 is 0 Å². The average Bonchev–Trinajstić information content (AvgIpc) is 2.40. The van der Waals surface area contributed by atoms with E-state index in [1.54, 1.807) is 26.1 Å². The maximum atomic E-state index is 11.6. The maximum absolute atomic E-state index is 11.6. The van der Waals surface area contributed by atoms with Crippen molar-refractivity contribution in [3.05, 3.63) is 29.8 Å². The van der Waals surface area contributed by atoms with Crippen LogP contribution in [0.4, 0.5) is 5.69 Å². The standard InChI is InChI=1S/C16H26N2O2/c1-16(2,20-5)10-11-17-14-8-6-13(7-9-14)12-15(19)18(3)4/h6-9,17H,10-12H2,1-5H3. The normalized spacial score (nSPS) is 11.2. The van der Waals surface area contributed by atoms with Crippen molar-refractivity contribution in [3.8, 4) is 0 Å². The van der Waals surface area contributed by atoms with E-state index in [0.717, 1.165) is 24.2 Å². The first-order valence-corrected chi connectivity index (χ1v) is 6.92. The van der Waals surface area contributed by atoms with Crippen molar-refractivity contribution < 1.29 is 9.53 Å². The predicted molar refractivity (Wildman–Crippen MR) is 83.0 cm³/mol. The summed E-state index contributed by atoms with van der Waals surface area (Å²) >= 11 is 0. The first-order valence-electron chi connectivity index (χ1n) is 6.92. The summed E-state index contributed by atoms with van der Waals surface area (Å²) in [6, 6.07) is 8.01. The van der Waals surface area contributed by atoms with E-state index < -0.39 is 0 Å². The molecule has 1 aromatic carbocycles. The Labute approximate surface area is 122 Å². The number of anilines is 1. The van der Waals surface area contributed by atoms with Crippen molar-refractivity contribution in [2.75, 3.05) is 33.1 Å². The van der Waals surface area contributed by atoms with Gasteiger partial charge in [0.05, 0.1) is 12.0 Å². The zero-order valence-corrected chi connectivity index (χ0v) is 13.2. The van der Waals surface area contributed by atoms with Crippen LogP contribution in [0.2, 0.25) is 0 Å². The molecule has 0 saturated carbocycles. The summed E-state index contributed by atoms with van der Waals surface area (Å²) in [6.45, 7) is 5.01. The van der Waals surface area contributed by atoms with E-state index in [1.165, 1.54) is 0 Å². The molecule has 4 heteroatoms. The van der Waals surface area contributed by atoms with Crippen LogP contribution in [0.25, 0.3) is 0 Å². The first-order chi connectivity index (χ1) is 9.34. The van der Waals surface area contributed by atoms with Crippen LogP contribution < -0.4 is 5.32 Å². The van der Waals surface area contributed by atoms with Crippen LogP contribution in [0, 0.1) is 0 Å². The summed E-state index contributed by atoms with van der Waals surface area (Å²) in [5.74, 6) is 0.118. The lowest BCUT2D eigenvalue weighted by Crippen LogP contribution is -2.25.